The second-order valence-corrected chi connectivity index (χ2v) is 12.3. The Morgan fingerprint density at radius 1 is 1.20 bits per heavy atom. The summed E-state index contributed by atoms with van der Waals surface area (Å²) in [5.41, 5.74) is 6.82. The molecule has 4 heterocycles. The van der Waals surface area contributed by atoms with Gasteiger partial charge >= 0.3 is 0 Å². The number of methoxy groups -OCH3 is 1. The van der Waals surface area contributed by atoms with Crippen LogP contribution in [0.2, 0.25) is 5.02 Å². The molecule has 0 saturated carbocycles. The van der Waals surface area contributed by atoms with Gasteiger partial charge in [-0.25, -0.2) is 18.7 Å². The van der Waals surface area contributed by atoms with E-state index in [9.17, 15) is 14.8 Å². The number of likely N-dealkylation sites (N-methyl/N-ethyl adjacent to an activating group) is 1. The molecule has 14 heteroatoms. The van der Waals surface area contributed by atoms with Crippen LogP contribution in [-0.4, -0.2) is 96.7 Å². The molecule has 3 N–H and O–H groups in total. The van der Waals surface area contributed by atoms with Crippen molar-refractivity contribution >= 4 is 54.9 Å². The molecule has 2 aromatic heterocycles. The number of aromatic nitrogens is 2. The first-order chi connectivity index (χ1) is 21.1. The lowest BCUT2D eigenvalue weighted by Crippen LogP contribution is -2.50. The molecule has 2 aromatic carbocycles. The molecule has 0 bridgehead atoms. The van der Waals surface area contributed by atoms with Crippen molar-refractivity contribution in [2.45, 2.75) is 18.4 Å². The number of nitrogens with two attached hydrogens (primary N) is 1. The first-order valence-electron chi connectivity index (χ1n) is 13.9. The Balaban J connectivity index is 1.56. The van der Waals surface area contributed by atoms with Gasteiger partial charge in [-0.2, -0.15) is 5.26 Å². The summed E-state index contributed by atoms with van der Waals surface area (Å²) in [5, 5.41) is 21.2. The summed E-state index contributed by atoms with van der Waals surface area (Å²) in [5.74, 6) is -1.32. The largest absolute Gasteiger partial charge is 0.469 e. The number of aliphatic hydroxyl groups is 1. The molecule has 4 aromatic rings. The number of hydrogen-bond donors (Lipinski definition) is 2. The Morgan fingerprint density at radius 3 is 2.61 bits per heavy atom. The molecule has 6 rings (SSSR count). The van der Waals surface area contributed by atoms with Gasteiger partial charge in [0, 0.05) is 62.9 Å². The number of thiazole rings is 1. The summed E-state index contributed by atoms with van der Waals surface area (Å²) >= 11 is 7.75. The number of likely N-dealkylation sites (tertiary alicyclic amines) is 1. The molecule has 0 aliphatic carbocycles. The van der Waals surface area contributed by atoms with Gasteiger partial charge < -0.3 is 25.2 Å². The van der Waals surface area contributed by atoms with Crippen LogP contribution in [0.3, 0.4) is 0 Å². The fourth-order valence-electron chi connectivity index (χ4n) is 6.01. The van der Waals surface area contributed by atoms with Gasteiger partial charge in [0.05, 0.1) is 20.9 Å². The number of pyridine rings is 1. The van der Waals surface area contributed by atoms with Crippen LogP contribution in [0.1, 0.15) is 5.56 Å². The van der Waals surface area contributed by atoms with Crippen LogP contribution in [0.25, 0.3) is 32.2 Å². The van der Waals surface area contributed by atoms with Crippen LogP contribution < -0.4 is 15.4 Å². The summed E-state index contributed by atoms with van der Waals surface area (Å²) < 4.78 is 43.6. The number of anilines is 2. The van der Waals surface area contributed by atoms with Crippen molar-refractivity contribution < 1.29 is 23.4 Å². The molecule has 44 heavy (non-hydrogen) atoms. The number of aliphatic hydroxyl groups excluding tert-OH is 1. The van der Waals surface area contributed by atoms with Gasteiger partial charge in [0.1, 0.15) is 41.4 Å². The molecule has 2 fully saturated rings. The second kappa shape index (κ2) is 12.0. The molecule has 230 valence electrons. The van der Waals surface area contributed by atoms with Gasteiger partial charge in [-0.05, 0) is 31.3 Å². The SMILES string of the molecule is C=CC(O)N1CCN(c2c(C#N)c(O[C@@H]3CN(C)C[C@H]3OC)nc3c(F)c(-c4ccc(F)c5sc(N)nc45)c(Cl)cc23)CC1. The number of fused-ring (bicyclic) bond motifs is 2. The normalized spacial score (nSPS) is 20.3. The van der Waals surface area contributed by atoms with Crippen molar-refractivity contribution in [2.75, 3.05) is 64.1 Å². The van der Waals surface area contributed by atoms with E-state index in [0.29, 0.717) is 50.3 Å². The number of hydrogen-bond acceptors (Lipinski definition) is 11. The summed E-state index contributed by atoms with van der Waals surface area (Å²) in [6.45, 7) is 6.56. The molecule has 0 amide bonds. The first kappa shape index (κ1) is 30.4. The maximum atomic E-state index is 16.8. The Labute approximate surface area is 261 Å². The van der Waals surface area contributed by atoms with E-state index >= 15 is 4.39 Å². The summed E-state index contributed by atoms with van der Waals surface area (Å²) in [7, 11) is 3.52. The van der Waals surface area contributed by atoms with Gasteiger partial charge in [-0.1, -0.05) is 29.5 Å². The third-order valence-corrected chi connectivity index (χ3v) is 9.37. The number of rotatable bonds is 7. The monoisotopic (exact) mass is 641 g/mol. The van der Waals surface area contributed by atoms with Gasteiger partial charge in [0.25, 0.3) is 0 Å². The van der Waals surface area contributed by atoms with Gasteiger partial charge in [-0.15, -0.1) is 0 Å². The molecule has 1 unspecified atom stereocenters. The van der Waals surface area contributed by atoms with Crippen molar-refractivity contribution in [1.82, 2.24) is 19.8 Å². The van der Waals surface area contributed by atoms with E-state index in [4.69, 9.17) is 26.8 Å². The number of nitrogen functional groups attached to an aromatic ring is 1. The number of ether oxygens (including phenoxy) is 2. The number of benzene rings is 2. The van der Waals surface area contributed by atoms with E-state index in [1.165, 1.54) is 18.2 Å². The predicted molar refractivity (Wildman–Crippen MR) is 167 cm³/mol. The van der Waals surface area contributed by atoms with Crippen LogP contribution in [-0.2, 0) is 4.74 Å². The number of nitriles is 1. The Bertz CT molecular complexity index is 1810. The molecule has 2 aliphatic rings. The van der Waals surface area contributed by atoms with E-state index in [2.05, 4.69) is 22.6 Å². The van der Waals surface area contributed by atoms with Crippen LogP contribution in [0.5, 0.6) is 5.88 Å². The predicted octanol–water partition coefficient (Wildman–Crippen LogP) is 4.23. The van der Waals surface area contributed by atoms with E-state index in [1.807, 2.05) is 21.7 Å². The lowest BCUT2D eigenvalue weighted by molar-refractivity contribution is 0.0320. The van der Waals surface area contributed by atoms with E-state index in [0.717, 1.165) is 11.3 Å². The Kier molecular flexibility index (Phi) is 8.31. The third-order valence-electron chi connectivity index (χ3n) is 8.18. The molecule has 2 saturated heterocycles. The Hall–Kier alpha value is -3.64. The highest BCUT2D eigenvalue weighted by Gasteiger charge is 2.36. The van der Waals surface area contributed by atoms with E-state index < -0.39 is 24.0 Å². The average molecular weight is 642 g/mol. The standard InChI is InChI=1S/C30H30ClF2N7O3S/c1-4-22(41)39-7-9-40(10-8-39)27-16-11-18(31)23(15-5-6-19(32)28-26(15)37-30(35)44-28)24(33)25(16)36-29(17(27)12-34)43-21-14-38(2)13-20(21)42-3/h4-6,11,20-22,41H,1,7-10,13-14H2,2-3H3,(H2,35,37)/t20-,21-,22?/m1/s1. The molecular formula is C30H30ClF2N7O3S. The van der Waals surface area contributed by atoms with E-state index in [1.54, 1.807) is 13.2 Å². The van der Waals surface area contributed by atoms with Crippen LogP contribution in [0, 0.1) is 23.0 Å². The molecule has 3 atom stereocenters. The fourth-order valence-corrected chi connectivity index (χ4v) is 7.07. The van der Waals surface area contributed by atoms with Crippen LogP contribution >= 0.6 is 22.9 Å². The highest BCUT2D eigenvalue weighted by Crippen LogP contribution is 2.45. The Morgan fingerprint density at radius 2 is 1.93 bits per heavy atom. The first-order valence-corrected chi connectivity index (χ1v) is 15.1. The molecule has 0 radical (unpaired) electrons. The molecule has 0 spiro atoms. The van der Waals surface area contributed by atoms with Crippen molar-refractivity contribution in [3.05, 3.63) is 53.1 Å². The minimum Gasteiger partial charge on any atom is -0.469 e. The number of piperazine rings is 1. The molecule has 2 aliphatic heterocycles. The molecular weight excluding hydrogens is 612 g/mol. The third kappa shape index (κ3) is 5.21. The highest BCUT2D eigenvalue weighted by atomic mass is 35.5. The fraction of sp³-hybridized carbons (Fsp3) is 0.367. The minimum absolute atomic E-state index is 0.0159. The van der Waals surface area contributed by atoms with Gasteiger partial charge in [-0.3, -0.25) is 9.80 Å². The lowest BCUT2D eigenvalue weighted by atomic mass is 9.99. The van der Waals surface area contributed by atoms with Crippen molar-refractivity contribution in [3.8, 4) is 23.1 Å². The van der Waals surface area contributed by atoms with Gasteiger partial charge in [0.15, 0.2) is 10.9 Å². The van der Waals surface area contributed by atoms with Crippen molar-refractivity contribution in [2.24, 2.45) is 0 Å². The highest BCUT2D eigenvalue weighted by molar-refractivity contribution is 7.22. The molecule has 10 nitrogen and oxygen atoms in total. The second-order valence-electron chi connectivity index (χ2n) is 10.8. The van der Waals surface area contributed by atoms with Crippen molar-refractivity contribution in [3.63, 3.8) is 0 Å². The quantitative estimate of drug-likeness (QED) is 0.283. The summed E-state index contributed by atoms with van der Waals surface area (Å²) in [4.78, 5) is 14.7. The van der Waals surface area contributed by atoms with Gasteiger partial charge in [0.2, 0.25) is 5.88 Å². The maximum absolute atomic E-state index is 16.8. The van der Waals surface area contributed by atoms with E-state index in [-0.39, 0.29) is 54.6 Å². The van der Waals surface area contributed by atoms with Crippen molar-refractivity contribution in [1.29, 1.82) is 5.26 Å². The topological polar surface area (TPSA) is 124 Å². The maximum Gasteiger partial charge on any atom is 0.234 e. The zero-order valence-electron chi connectivity index (χ0n) is 24.1. The zero-order valence-corrected chi connectivity index (χ0v) is 25.6. The average Bonchev–Trinajstić information content (AvgIpc) is 3.59. The number of halogens is 3. The summed E-state index contributed by atoms with van der Waals surface area (Å²) in [6.07, 6.45) is -0.106. The van der Waals surface area contributed by atoms with Crippen LogP contribution in [0.15, 0.2) is 30.9 Å². The minimum atomic E-state index is -0.812. The van der Waals surface area contributed by atoms with Crippen LogP contribution in [0.4, 0.5) is 19.6 Å². The zero-order chi connectivity index (χ0) is 31.3. The number of nitrogens with zero attached hydrogens (tertiary/aromatic N) is 6. The summed E-state index contributed by atoms with van der Waals surface area (Å²) in [6, 6.07) is 6.45. The lowest BCUT2D eigenvalue weighted by Gasteiger charge is -2.38. The smallest absolute Gasteiger partial charge is 0.234 e.